The Kier molecular flexibility index (Phi) is 5.74. The van der Waals surface area contributed by atoms with E-state index in [9.17, 15) is 18.0 Å². The summed E-state index contributed by atoms with van der Waals surface area (Å²) in [6, 6.07) is 4.51. The Labute approximate surface area is 140 Å². The van der Waals surface area contributed by atoms with E-state index in [1.165, 1.54) is 25.1 Å². The van der Waals surface area contributed by atoms with Crippen LogP contribution in [0.15, 0.2) is 18.2 Å². The first-order valence-corrected chi connectivity index (χ1v) is 7.99. The molecule has 1 amide bonds. The van der Waals surface area contributed by atoms with Gasteiger partial charge >= 0.3 is 6.36 Å². The molecule has 1 atom stereocenters. The number of amides is 1. The lowest BCUT2D eigenvalue weighted by atomic mass is 10.1. The number of carbonyl (C=O) groups is 1. The monoisotopic (exact) mass is 344 g/mol. The van der Waals surface area contributed by atoms with Crippen molar-refractivity contribution in [2.75, 3.05) is 27.2 Å². The van der Waals surface area contributed by atoms with E-state index in [0.29, 0.717) is 30.3 Å². The van der Waals surface area contributed by atoms with Crippen LogP contribution in [-0.4, -0.2) is 55.3 Å². The number of hydrogen-bond donors (Lipinski definition) is 0. The molecule has 0 spiro atoms. The fourth-order valence-corrected chi connectivity index (χ4v) is 3.00. The van der Waals surface area contributed by atoms with Gasteiger partial charge in [-0.15, -0.1) is 13.2 Å². The van der Waals surface area contributed by atoms with Crippen molar-refractivity contribution in [1.29, 1.82) is 0 Å². The van der Waals surface area contributed by atoms with Gasteiger partial charge in [0.15, 0.2) is 0 Å². The molecule has 0 aliphatic carbocycles. The highest BCUT2D eigenvalue weighted by Gasteiger charge is 2.32. The minimum atomic E-state index is -4.73. The second-order valence-electron chi connectivity index (χ2n) is 6.37. The van der Waals surface area contributed by atoms with E-state index in [1.807, 2.05) is 14.1 Å². The molecule has 1 saturated heterocycles. The minimum absolute atomic E-state index is 0.143. The molecule has 1 unspecified atom stereocenters. The molecule has 0 aromatic heterocycles. The predicted octanol–water partition coefficient (Wildman–Crippen LogP) is 3.45. The van der Waals surface area contributed by atoms with Gasteiger partial charge in [-0.25, -0.2) is 0 Å². The van der Waals surface area contributed by atoms with Crippen molar-refractivity contribution >= 4 is 5.91 Å². The zero-order chi connectivity index (χ0) is 17.9. The first kappa shape index (κ1) is 18.6. The highest BCUT2D eigenvalue weighted by atomic mass is 19.4. The van der Waals surface area contributed by atoms with Crippen molar-refractivity contribution < 1.29 is 22.7 Å². The van der Waals surface area contributed by atoms with Crippen molar-refractivity contribution in [2.24, 2.45) is 0 Å². The van der Waals surface area contributed by atoms with Gasteiger partial charge in [-0.05, 0) is 64.0 Å². The number of halogens is 3. The van der Waals surface area contributed by atoms with Crippen LogP contribution >= 0.6 is 0 Å². The lowest BCUT2D eigenvalue weighted by molar-refractivity contribution is -0.274. The van der Waals surface area contributed by atoms with E-state index in [2.05, 4.69) is 9.64 Å². The summed E-state index contributed by atoms with van der Waals surface area (Å²) in [4.78, 5) is 16.6. The van der Waals surface area contributed by atoms with Gasteiger partial charge in [-0.1, -0.05) is 0 Å². The molecular weight excluding hydrogens is 321 g/mol. The van der Waals surface area contributed by atoms with Crippen LogP contribution in [0.4, 0.5) is 13.2 Å². The lowest BCUT2D eigenvalue weighted by Gasteiger charge is -2.23. The molecule has 7 heteroatoms. The third-order valence-electron chi connectivity index (χ3n) is 4.36. The van der Waals surface area contributed by atoms with E-state index < -0.39 is 6.36 Å². The Morgan fingerprint density at radius 1 is 1.25 bits per heavy atom. The van der Waals surface area contributed by atoms with Gasteiger partial charge in [0.05, 0.1) is 0 Å². The summed E-state index contributed by atoms with van der Waals surface area (Å²) in [5, 5.41) is 0. The molecule has 24 heavy (non-hydrogen) atoms. The van der Waals surface area contributed by atoms with Crippen LogP contribution < -0.4 is 4.74 Å². The van der Waals surface area contributed by atoms with Crippen LogP contribution in [-0.2, 0) is 0 Å². The Bertz CT molecular complexity index is 588. The number of benzene rings is 1. The SMILES string of the molecule is Cc1cc(C(=O)N2CCCC(N(C)C)CC2)ccc1OC(F)(F)F. The maximum Gasteiger partial charge on any atom is 0.573 e. The quantitative estimate of drug-likeness (QED) is 0.842. The summed E-state index contributed by atoms with van der Waals surface area (Å²) in [5.74, 6) is -0.418. The molecule has 1 aliphatic rings. The number of rotatable bonds is 3. The number of carbonyl (C=O) groups excluding carboxylic acids is 1. The van der Waals surface area contributed by atoms with Gasteiger partial charge < -0.3 is 14.5 Å². The van der Waals surface area contributed by atoms with Gasteiger partial charge in [0.2, 0.25) is 0 Å². The van der Waals surface area contributed by atoms with Crippen LogP contribution in [0.2, 0.25) is 0 Å². The summed E-state index contributed by atoms with van der Waals surface area (Å²) < 4.78 is 40.9. The van der Waals surface area contributed by atoms with E-state index in [0.717, 1.165) is 19.3 Å². The molecule has 2 rings (SSSR count). The number of aryl methyl sites for hydroxylation is 1. The third-order valence-corrected chi connectivity index (χ3v) is 4.36. The summed E-state index contributed by atoms with van der Waals surface area (Å²) >= 11 is 0. The predicted molar refractivity (Wildman–Crippen MR) is 85.1 cm³/mol. The maximum atomic E-state index is 12.6. The van der Waals surface area contributed by atoms with Gasteiger partial charge in [0.25, 0.3) is 5.91 Å². The van der Waals surface area contributed by atoms with Gasteiger partial charge in [-0.2, -0.15) is 0 Å². The highest BCUT2D eigenvalue weighted by molar-refractivity contribution is 5.94. The molecule has 4 nitrogen and oxygen atoms in total. The summed E-state index contributed by atoms with van der Waals surface area (Å²) in [7, 11) is 4.07. The number of likely N-dealkylation sites (tertiary alicyclic amines) is 1. The molecule has 1 aromatic rings. The van der Waals surface area contributed by atoms with E-state index >= 15 is 0 Å². The third kappa shape index (κ3) is 4.87. The van der Waals surface area contributed by atoms with E-state index in [1.54, 1.807) is 4.90 Å². The Hall–Kier alpha value is -1.76. The van der Waals surface area contributed by atoms with Crippen LogP contribution in [0, 0.1) is 6.92 Å². The van der Waals surface area contributed by atoms with E-state index in [-0.39, 0.29) is 11.7 Å². The average molecular weight is 344 g/mol. The fraction of sp³-hybridized carbons (Fsp3) is 0.588. The standard InChI is InChI=1S/C17H23F3N2O2/c1-12-11-13(6-7-15(12)24-17(18,19)20)16(23)22-9-4-5-14(8-10-22)21(2)3/h6-7,11,14H,4-5,8-10H2,1-3H3. The van der Waals surface area contributed by atoms with Crippen LogP contribution in [0.1, 0.15) is 35.2 Å². The van der Waals surface area contributed by atoms with Crippen molar-refractivity contribution in [3.8, 4) is 5.75 Å². The normalized spacial score (nSPS) is 19.3. The smallest absolute Gasteiger partial charge is 0.406 e. The summed E-state index contributed by atoms with van der Waals surface area (Å²) in [5.41, 5.74) is 0.685. The first-order chi connectivity index (χ1) is 11.2. The van der Waals surface area contributed by atoms with Gasteiger partial charge in [-0.3, -0.25) is 4.79 Å². The Balaban J connectivity index is 2.08. The molecule has 1 aliphatic heterocycles. The number of hydrogen-bond acceptors (Lipinski definition) is 3. The molecule has 1 aromatic carbocycles. The zero-order valence-electron chi connectivity index (χ0n) is 14.2. The van der Waals surface area contributed by atoms with Gasteiger partial charge in [0, 0.05) is 24.7 Å². The summed E-state index contributed by atoms with van der Waals surface area (Å²) in [6.07, 6.45) is -1.88. The van der Waals surface area contributed by atoms with Crippen molar-refractivity contribution in [1.82, 2.24) is 9.80 Å². The lowest BCUT2D eigenvalue weighted by Crippen LogP contribution is -2.33. The van der Waals surface area contributed by atoms with E-state index in [4.69, 9.17) is 0 Å². The fourth-order valence-electron chi connectivity index (χ4n) is 3.00. The Morgan fingerprint density at radius 3 is 2.54 bits per heavy atom. The van der Waals surface area contributed by atoms with Gasteiger partial charge in [0.1, 0.15) is 5.75 Å². The number of ether oxygens (including phenoxy) is 1. The van der Waals surface area contributed by atoms with Crippen molar-refractivity contribution in [3.05, 3.63) is 29.3 Å². The molecule has 134 valence electrons. The first-order valence-electron chi connectivity index (χ1n) is 7.99. The molecule has 1 fully saturated rings. The molecule has 0 saturated carbocycles. The molecule has 0 N–H and O–H groups in total. The Morgan fingerprint density at radius 2 is 1.96 bits per heavy atom. The van der Waals surface area contributed by atoms with Crippen molar-refractivity contribution in [3.63, 3.8) is 0 Å². The van der Waals surface area contributed by atoms with Crippen LogP contribution in [0.25, 0.3) is 0 Å². The van der Waals surface area contributed by atoms with Crippen molar-refractivity contribution in [2.45, 2.75) is 38.6 Å². The number of nitrogens with zero attached hydrogens (tertiary/aromatic N) is 2. The summed E-state index contributed by atoms with van der Waals surface area (Å²) in [6.45, 7) is 2.83. The average Bonchev–Trinajstić information content (AvgIpc) is 2.73. The second kappa shape index (κ2) is 7.42. The molecular formula is C17H23F3N2O2. The largest absolute Gasteiger partial charge is 0.573 e. The molecule has 0 bridgehead atoms. The zero-order valence-corrected chi connectivity index (χ0v) is 14.2. The van der Waals surface area contributed by atoms with Crippen LogP contribution in [0.5, 0.6) is 5.75 Å². The molecule has 0 radical (unpaired) electrons. The topological polar surface area (TPSA) is 32.8 Å². The second-order valence-corrected chi connectivity index (χ2v) is 6.37. The highest BCUT2D eigenvalue weighted by Crippen LogP contribution is 2.27. The maximum absolute atomic E-state index is 12.6. The van der Waals surface area contributed by atoms with Crippen LogP contribution in [0.3, 0.4) is 0 Å². The minimum Gasteiger partial charge on any atom is -0.406 e. The number of alkyl halides is 3. The molecule has 1 heterocycles.